The van der Waals surface area contributed by atoms with E-state index in [0.717, 1.165) is 23.1 Å². The molecule has 2 heterocycles. The maximum Gasteiger partial charge on any atom is 0.0793 e. The first-order chi connectivity index (χ1) is 9.97. The smallest absolute Gasteiger partial charge is 0.0793 e. The number of hydrogen-bond acceptors (Lipinski definition) is 3. The zero-order valence-electron chi connectivity index (χ0n) is 13.4. The van der Waals surface area contributed by atoms with Crippen molar-refractivity contribution in [2.75, 3.05) is 6.54 Å². The van der Waals surface area contributed by atoms with Crippen LogP contribution in [0.15, 0.2) is 16.9 Å². The van der Waals surface area contributed by atoms with Crippen LogP contribution in [0.5, 0.6) is 0 Å². The molecule has 0 radical (unpaired) electrons. The van der Waals surface area contributed by atoms with Crippen molar-refractivity contribution in [2.45, 2.75) is 46.2 Å². The second kappa shape index (κ2) is 6.75. The lowest BCUT2D eigenvalue weighted by molar-refractivity contribution is 0.470. The van der Waals surface area contributed by atoms with Gasteiger partial charge in [-0.05, 0) is 49.7 Å². The van der Waals surface area contributed by atoms with Gasteiger partial charge in [0.1, 0.15) is 0 Å². The molecule has 0 aliphatic heterocycles. The zero-order chi connectivity index (χ0) is 15.6. The molecule has 1 unspecified atom stereocenters. The van der Waals surface area contributed by atoms with Crippen molar-refractivity contribution < 1.29 is 0 Å². The van der Waals surface area contributed by atoms with Gasteiger partial charge in [0.2, 0.25) is 0 Å². The van der Waals surface area contributed by atoms with E-state index in [1.54, 1.807) is 0 Å². The van der Waals surface area contributed by atoms with Crippen LogP contribution in [0, 0.1) is 6.92 Å². The van der Waals surface area contributed by atoms with E-state index in [1.165, 1.54) is 11.3 Å². The molecular formula is C15H24BrN5. The molecule has 2 aromatic rings. The van der Waals surface area contributed by atoms with E-state index < -0.39 is 0 Å². The van der Waals surface area contributed by atoms with Crippen molar-refractivity contribution >= 4 is 15.9 Å². The second-order valence-corrected chi connectivity index (χ2v) is 6.47. The minimum Gasteiger partial charge on any atom is -0.305 e. The van der Waals surface area contributed by atoms with Crippen molar-refractivity contribution in [3.8, 4) is 0 Å². The van der Waals surface area contributed by atoms with Gasteiger partial charge in [-0.25, -0.2) is 0 Å². The Morgan fingerprint density at radius 1 is 1.29 bits per heavy atom. The number of nitrogens with zero attached hydrogens (tertiary/aromatic N) is 4. The van der Waals surface area contributed by atoms with Gasteiger partial charge in [0.15, 0.2) is 0 Å². The topological polar surface area (TPSA) is 47.7 Å². The fourth-order valence-electron chi connectivity index (χ4n) is 2.47. The van der Waals surface area contributed by atoms with E-state index in [0.29, 0.717) is 6.04 Å². The highest BCUT2D eigenvalue weighted by Crippen LogP contribution is 2.31. The molecule has 0 aromatic carbocycles. The molecule has 5 nitrogen and oxygen atoms in total. The summed E-state index contributed by atoms with van der Waals surface area (Å²) in [5.74, 6) is 0. The largest absolute Gasteiger partial charge is 0.305 e. The quantitative estimate of drug-likeness (QED) is 0.865. The Kier molecular flexibility index (Phi) is 5.22. The Morgan fingerprint density at radius 3 is 2.52 bits per heavy atom. The van der Waals surface area contributed by atoms with Crippen LogP contribution in [0.2, 0.25) is 0 Å². The van der Waals surface area contributed by atoms with Crippen LogP contribution in [-0.4, -0.2) is 26.1 Å². The molecule has 0 spiro atoms. The summed E-state index contributed by atoms with van der Waals surface area (Å²) < 4.78 is 5.03. The average molecular weight is 354 g/mol. The normalized spacial score (nSPS) is 13.1. The van der Waals surface area contributed by atoms with Gasteiger partial charge in [-0.15, -0.1) is 0 Å². The predicted octanol–water partition coefficient (Wildman–Crippen LogP) is 3.36. The van der Waals surface area contributed by atoms with Crippen molar-refractivity contribution in [3.63, 3.8) is 0 Å². The molecule has 2 aromatic heterocycles. The van der Waals surface area contributed by atoms with Crippen molar-refractivity contribution in [2.24, 2.45) is 7.05 Å². The minimum atomic E-state index is 0.0953. The van der Waals surface area contributed by atoms with Crippen LogP contribution < -0.4 is 5.32 Å². The molecule has 2 rings (SSSR count). The zero-order valence-corrected chi connectivity index (χ0v) is 15.0. The number of hydrogen-bond donors (Lipinski definition) is 1. The lowest BCUT2D eigenvalue weighted by atomic mass is 10.0. The number of rotatable bonds is 6. The van der Waals surface area contributed by atoms with E-state index in [1.807, 2.05) is 24.1 Å². The van der Waals surface area contributed by atoms with Crippen LogP contribution in [0.3, 0.4) is 0 Å². The van der Waals surface area contributed by atoms with Crippen molar-refractivity contribution in [3.05, 3.63) is 33.8 Å². The standard InChI is InChI=1S/C15H24BrN5/c1-6-7-17-14(12-8-18-20(5)11(12)4)15-13(16)9-19-21(15)10(2)3/h8-10,14,17H,6-7H2,1-5H3. The molecule has 116 valence electrons. The highest BCUT2D eigenvalue weighted by molar-refractivity contribution is 9.10. The van der Waals surface area contributed by atoms with Gasteiger partial charge in [-0.1, -0.05) is 6.92 Å². The lowest BCUT2D eigenvalue weighted by Gasteiger charge is -2.22. The Balaban J connectivity index is 2.51. The van der Waals surface area contributed by atoms with Gasteiger partial charge in [0, 0.05) is 24.3 Å². The van der Waals surface area contributed by atoms with Gasteiger partial charge in [0.05, 0.1) is 28.6 Å². The molecule has 21 heavy (non-hydrogen) atoms. The molecule has 0 saturated carbocycles. The van der Waals surface area contributed by atoms with Crippen LogP contribution in [0.4, 0.5) is 0 Å². The number of aromatic nitrogens is 4. The molecule has 1 N–H and O–H groups in total. The third-order valence-electron chi connectivity index (χ3n) is 3.73. The van der Waals surface area contributed by atoms with Gasteiger partial charge in [0.25, 0.3) is 0 Å². The van der Waals surface area contributed by atoms with Gasteiger partial charge < -0.3 is 5.32 Å². The predicted molar refractivity (Wildman–Crippen MR) is 88.4 cm³/mol. The van der Waals surface area contributed by atoms with E-state index in [4.69, 9.17) is 0 Å². The molecule has 0 saturated heterocycles. The maximum atomic E-state index is 4.51. The summed E-state index contributed by atoms with van der Waals surface area (Å²) in [6.45, 7) is 9.53. The number of aryl methyl sites for hydroxylation is 1. The fourth-order valence-corrected chi connectivity index (χ4v) is 2.98. The summed E-state index contributed by atoms with van der Waals surface area (Å²) >= 11 is 3.66. The number of nitrogens with one attached hydrogen (secondary N) is 1. The highest BCUT2D eigenvalue weighted by Gasteiger charge is 2.25. The summed E-state index contributed by atoms with van der Waals surface area (Å²) in [4.78, 5) is 0. The van der Waals surface area contributed by atoms with Gasteiger partial charge in [-0.3, -0.25) is 9.36 Å². The highest BCUT2D eigenvalue weighted by atomic mass is 79.9. The average Bonchev–Trinajstić information content (AvgIpc) is 2.97. The Labute approximate surface area is 134 Å². The summed E-state index contributed by atoms with van der Waals surface area (Å²) in [6.07, 6.45) is 4.91. The summed E-state index contributed by atoms with van der Waals surface area (Å²) in [6, 6.07) is 0.409. The fraction of sp³-hybridized carbons (Fsp3) is 0.600. The Morgan fingerprint density at radius 2 is 2.00 bits per heavy atom. The van der Waals surface area contributed by atoms with E-state index in [2.05, 4.69) is 63.8 Å². The molecule has 0 fully saturated rings. The van der Waals surface area contributed by atoms with Crippen LogP contribution >= 0.6 is 15.9 Å². The minimum absolute atomic E-state index is 0.0953. The third kappa shape index (κ3) is 3.21. The monoisotopic (exact) mass is 353 g/mol. The summed E-state index contributed by atoms with van der Waals surface area (Å²) in [5.41, 5.74) is 3.54. The van der Waals surface area contributed by atoms with Gasteiger partial charge >= 0.3 is 0 Å². The first-order valence-corrected chi connectivity index (χ1v) is 8.21. The Bertz CT molecular complexity index is 599. The van der Waals surface area contributed by atoms with E-state index in [-0.39, 0.29) is 6.04 Å². The first-order valence-electron chi connectivity index (χ1n) is 7.42. The molecule has 6 heteroatoms. The maximum absolute atomic E-state index is 4.51. The molecule has 0 aliphatic carbocycles. The SMILES string of the molecule is CCCNC(c1cnn(C)c1C)c1c(Br)cnn1C(C)C. The summed E-state index contributed by atoms with van der Waals surface area (Å²) in [5, 5.41) is 12.5. The molecule has 1 atom stereocenters. The molecule has 0 amide bonds. The molecule has 0 bridgehead atoms. The Hall–Kier alpha value is -1.14. The van der Waals surface area contributed by atoms with E-state index >= 15 is 0 Å². The second-order valence-electron chi connectivity index (χ2n) is 5.61. The third-order valence-corrected chi connectivity index (χ3v) is 4.34. The molecular weight excluding hydrogens is 330 g/mol. The van der Waals surface area contributed by atoms with Crippen molar-refractivity contribution in [1.82, 2.24) is 24.9 Å². The lowest BCUT2D eigenvalue weighted by Crippen LogP contribution is -2.27. The van der Waals surface area contributed by atoms with E-state index in [9.17, 15) is 0 Å². The first kappa shape index (κ1) is 16.2. The van der Waals surface area contributed by atoms with Crippen LogP contribution in [0.25, 0.3) is 0 Å². The van der Waals surface area contributed by atoms with Crippen LogP contribution in [-0.2, 0) is 7.05 Å². The van der Waals surface area contributed by atoms with Gasteiger partial charge in [-0.2, -0.15) is 10.2 Å². The summed E-state index contributed by atoms with van der Waals surface area (Å²) in [7, 11) is 1.98. The van der Waals surface area contributed by atoms with Crippen LogP contribution in [0.1, 0.15) is 56.2 Å². The van der Waals surface area contributed by atoms with Crippen molar-refractivity contribution in [1.29, 1.82) is 0 Å². The molecule has 0 aliphatic rings. The number of halogens is 1.